The molecular weight excluding hydrogens is 306 g/mol. The van der Waals surface area contributed by atoms with Gasteiger partial charge in [-0.1, -0.05) is 13.3 Å². The summed E-state index contributed by atoms with van der Waals surface area (Å²) in [6.45, 7) is 1.93. The van der Waals surface area contributed by atoms with Crippen molar-refractivity contribution in [3.8, 4) is 11.5 Å². The summed E-state index contributed by atoms with van der Waals surface area (Å²) in [4.78, 5) is 12.3. The largest absolute Gasteiger partial charge is 0.463 e. The highest BCUT2D eigenvalue weighted by molar-refractivity contribution is 7.90. The summed E-state index contributed by atoms with van der Waals surface area (Å²) in [6.07, 6.45) is 4.07. The Morgan fingerprint density at radius 3 is 2.86 bits per heavy atom. The van der Waals surface area contributed by atoms with Gasteiger partial charge in [0.2, 0.25) is 16.0 Å². The van der Waals surface area contributed by atoms with Gasteiger partial charge in [-0.05, 0) is 18.6 Å². The van der Waals surface area contributed by atoms with Gasteiger partial charge in [0.05, 0.1) is 12.0 Å². The quantitative estimate of drug-likeness (QED) is 0.759. The van der Waals surface area contributed by atoms with Gasteiger partial charge in [-0.3, -0.25) is 0 Å². The van der Waals surface area contributed by atoms with E-state index in [4.69, 9.17) is 10.2 Å². The molecular formula is C13H15N5O3S. The molecule has 3 aromatic rings. The van der Waals surface area contributed by atoms with Crippen LogP contribution in [-0.4, -0.2) is 33.1 Å². The van der Waals surface area contributed by atoms with Crippen LogP contribution in [0.2, 0.25) is 0 Å². The van der Waals surface area contributed by atoms with Crippen LogP contribution in [0.4, 0.5) is 5.95 Å². The number of nitrogens with two attached hydrogens (primary N) is 1. The molecule has 3 heterocycles. The van der Waals surface area contributed by atoms with Gasteiger partial charge in [0.15, 0.2) is 11.4 Å². The molecule has 3 aromatic heterocycles. The van der Waals surface area contributed by atoms with E-state index in [-0.39, 0.29) is 17.3 Å². The van der Waals surface area contributed by atoms with Crippen LogP contribution in [0.3, 0.4) is 0 Å². The third-order valence-corrected chi connectivity index (χ3v) is 4.86. The number of nitrogen functional groups attached to an aromatic ring is 1. The van der Waals surface area contributed by atoms with Gasteiger partial charge in [0, 0.05) is 0 Å². The maximum atomic E-state index is 12.4. The highest BCUT2D eigenvalue weighted by Gasteiger charge is 2.21. The number of furan rings is 1. The van der Waals surface area contributed by atoms with Gasteiger partial charge >= 0.3 is 0 Å². The summed E-state index contributed by atoms with van der Waals surface area (Å²) in [6, 6.07) is 3.40. The molecule has 0 aromatic carbocycles. The summed E-state index contributed by atoms with van der Waals surface area (Å²) in [5.74, 6) is 0.441. The number of anilines is 1. The van der Waals surface area contributed by atoms with E-state index in [9.17, 15) is 8.42 Å². The molecule has 8 nitrogen and oxygen atoms in total. The van der Waals surface area contributed by atoms with E-state index in [2.05, 4.69) is 15.0 Å². The molecule has 2 N–H and O–H groups in total. The number of rotatable bonds is 5. The normalized spacial score (nSPS) is 12.0. The minimum absolute atomic E-state index is 0.0228. The predicted molar refractivity (Wildman–Crippen MR) is 81.5 cm³/mol. The van der Waals surface area contributed by atoms with E-state index in [0.29, 0.717) is 23.4 Å². The fourth-order valence-corrected chi connectivity index (χ4v) is 3.54. The van der Waals surface area contributed by atoms with Crippen LogP contribution in [0.1, 0.15) is 19.8 Å². The number of hydrogen-bond acceptors (Lipinski definition) is 7. The van der Waals surface area contributed by atoms with Crippen LogP contribution in [0.15, 0.2) is 29.1 Å². The lowest BCUT2D eigenvalue weighted by Crippen LogP contribution is -2.16. The molecule has 9 heteroatoms. The first-order chi connectivity index (χ1) is 10.5. The lowest BCUT2D eigenvalue weighted by atomic mass is 10.3. The molecule has 116 valence electrons. The first-order valence-corrected chi connectivity index (χ1v) is 8.41. The lowest BCUT2D eigenvalue weighted by molar-refractivity contribution is 0.580. The number of fused-ring (bicyclic) bond motifs is 1. The Bertz CT molecular complexity index is 899. The van der Waals surface area contributed by atoms with Crippen LogP contribution in [0.5, 0.6) is 0 Å². The number of unbranched alkanes of at least 4 members (excludes halogenated alkanes) is 1. The summed E-state index contributed by atoms with van der Waals surface area (Å²) >= 11 is 0. The minimum atomic E-state index is -3.53. The van der Waals surface area contributed by atoms with Crippen molar-refractivity contribution in [3.05, 3.63) is 24.7 Å². The molecule has 0 unspecified atom stereocenters. The monoisotopic (exact) mass is 321 g/mol. The SMILES string of the molecule is CCCCS(=O)(=O)n1cnc2c(-c3ccco3)nc(N)nc21. The molecule has 0 aliphatic carbocycles. The van der Waals surface area contributed by atoms with Crippen LogP contribution < -0.4 is 5.73 Å². The molecule has 0 fully saturated rings. The summed E-state index contributed by atoms with van der Waals surface area (Å²) < 4.78 is 31.1. The molecule has 0 bridgehead atoms. The zero-order chi connectivity index (χ0) is 15.7. The van der Waals surface area contributed by atoms with Crippen molar-refractivity contribution in [2.45, 2.75) is 19.8 Å². The van der Waals surface area contributed by atoms with E-state index in [1.807, 2.05) is 6.92 Å². The van der Waals surface area contributed by atoms with E-state index >= 15 is 0 Å². The highest BCUT2D eigenvalue weighted by Crippen LogP contribution is 2.26. The zero-order valence-electron chi connectivity index (χ0n) is 11.9. The van der Waals surface area contributed by atoms with Gasteiger partial charge in [-0.15, -0.1) is 0 Å². The molecule has 0 aliphatic rings. The van der Waals surface area contributed by atoms with E-state index < -0.39 is 10.0 Å². The predicted octanol–water partition coefficient (Wildman–Crippen LogP) is 1.65. The summed E-state index contributed by atoms with van der Waals surface area (Å²) in [5, 5.41) is 0. The molecule has 0 atom stereocenters. The highest BCUT2D eigenvalue weighted by atomic mass is 32.2. The molecule has 3 rings (SSSR count). The van der Waals surface area contributed by atoms with Crippen LogP contribution in [-0.2, 0) is 10.0 Å². The first kappa shape index (κ1) is 14.5. The van der Waals surface area contributed by atoms with Crippen molar-refractivity contribution in [2.75, 3.05) is 11.5 Å². The average Bonchev–Trinajstić information content (AvgIpc) is 3.13. The van der Waals surface area contributed by atoms with Crippen molar-refractivity contribution in [3.63, 3.8) is 0 Å². The Kier molecular flexibility index (Phi) is 3.57. The fourth-order valence-electron chi connectivity index (χ4n) is 2.11. The Labute approximate surface area is 127 Å². The molecule has 0 amide bonds. The second-order valence-corrected chi connectivity index (χ2v) is 6.76. The van der Waals surface area contributed by atoms with Crippen LogP contribution in [0, 0.1) is 0 Å². The number of aromatic nitrogens is 4. The first-order valence-electron chi connectivity index (χ1n) is 6.80. The van der Waals surface area contributed by atoms with Gasteiger partial charge in [0.25, 0.3) is 0 Å². The fraction of sp³-hybridized carbons (Fsp3) is 0.308. The van der Waals surface area contributed by atoms with Gasteiger partial charge in [-0.2, -0.15) is 4.98 Å². The van der Waals surface area contributed by atoms with Crippen LogP contribution in [0.25, 0.3) is 22.6 Å². The molecule has 0 saturated heterocycles. The Balaban J connectivity index is 2.20. The number of nitrogens with zero attached hydrogens (tertiary/aromatic N) is 4. The molecule has 0 spiro atoms. The van der Waals surface area contributed by atoms with Gasteiger partial charge in [0.1, 0.15) is 17.5 Å². The van der Waals surface area contributed by atoms with E-state index in [1.165, 1.54) is 12.6 Å². The third-order valence-electron chi connectivity index (χ3n) is 3.19. The smallest absolute Gasteiger partial charge is 0.241 e. The maximum Gasteiger partial charge on any atom is 0.241 e. The minimum Gasteiger partial charge on any atom is -0.463 e. The average molecular weight is 321 g/mol. The van der Waals surface area contributed by atoms with E-state index in [0.717, 1.165) is 10.4 Å². The third kappa shape index (κ3) is 2.43. The van der Waals surface area contributed by atoms with Gasteiger partial charge in [-0.25, -0.2) is 22.4 Å². The Morgan fingerprint density at radius 1 is 1.36 bits per heavy atom. The van der Waals surface area contributed by atoms with Crippen molar-refractivity contribution >= 4 is 27.1 Å². The standard InChI is InChI=1S/C13H15N5O3S/c1-2-3-7-22(19,20)18-8-15-11-10(9-5-4-6-21-9)16-13(14)17-12(11)18/h4-6,8H,2-3,7H2,1H3,(H2,14,16,17). The molecule has 22 heavy (non-hydrogen) atoms. The van der Waals surface area contributed by atoms with Crippen molar-refractivity contribution in [1.82, 2.24) is 18.9 Å². The summed E-state index contributed by atoms with van der Waals surface area (Å²) in [5.41, 5.74) is 6.57. The van der Waals surface area contributed by atoms with Crippen LogP contribution >= 0.6 is 0 Å². The zero-order valence-corrected chi connectivity index (χ0v) is 12.7. The number of imidazole rings is 1. The lowest BCUT2D eigenvalue weighted by Gasteiger charge is -2.06. The second kappa shape index (κ2) is 5.41. The molecule has 0 saturated carbocycles. The van der Waals surface area contributed by atoms with Crippen molar-refractivity contribution in [2.24, 2.45) is 0 Å². The van der Waals surface area contributed by atoms with Gasteiger partial charge < -0.3 is 10.2 Å². The topological polar surface area (TPSA) is 117 Å². The van der Waals surface area contributed by atoms with Crippen molar-refractivity contribution in [1.29, 1.82) is 0 Å². The number of hydrogen-bond donors (Lipinski definition) is 1. The van der Waals surface area contributed by atoms with Crippen molar-refractivity contribution < 1.29 is 12.8 Å². The second-order valence-electron chi connectivity index (χ2n) is 4.79. The molecule has 0 aliphatic heterocycles. The molecule has 0 radical (unpaired) electrons. The summed E-state index contributed by atoms with van der Waals surface area (Å²) in [7, 11) is -3.53. The Hall–Kier alpha value is -2.42. The maximum absolute atomic E-state index is 12.4. The Morgan fingerprint density at radius 2 is 2.18 bits per heavy atom. The van der Waals surface area contributed by atoms with E-state index in [1.54, 1.807) is 12.1 Å².